The highest BCUT2D eigenvalue weighted by Crippen LogP contribution is 2.26. The Morgan fingerprint density at radius 3 is 2.64 bits per heavy atom. The van der Waals surface area contributed by atoms with Crippen LogP contribution in [0.4, 0.5) is 15.9 Å². The lowest BCUT2D eigenvalue weighted by Crippen LogP contribution is -2.10. The number of nitrogens with one attached hydrogen (secondary N) is 1. The van der Waals surface area contributed by atoms with Crippen molar-refractivity contribution in [1.29, 1.82) is 0 Å². The van der Waals surface area contributed by atoms with Gasteiger partial charge in [-0.25, -0.2) is 14.4 Å². The zero-order valence-electron chi connectivity index (χ0n) is 17.4. The van der Waals surface area contributed by atoms with Gasteiger partial charge < -0.3 is 15.6 Å². The molecule has 3 aromatic heterocycles. The third-order valence-electron chi connectivity index (χ3n) is 5.05. The number of nitrogens with two attached hydrogens (primary N) is 1. The van der Waals surface area contributed by atoms with Gasteiger partial charge in [0, 0.05) is 30.4 Å². The topological polar surface area (TPSA) is 86.6 Å². The number of halogens is 4. The molecule has 0 spiro atoms. The molecule has 0 aliphatic heterocycles. The number of nitrogens with zero attached hydrogens (tertiary/aromatic N) is 5. The molecule has 5 rings (SSSR count). The molecule has 0 fully saturated rings. The van der Waals surface area contributed by atoms with Crippen LogP contribution in [0, 0.1) is 5.82 Å². The Morgan fingerprint density at radius 2 is 1.85 bits per heavy atom. The van der Waals surface area contributed by atoms with Gasteiger partial charge in [-0.15, -0.1) is 37.2 Å². The number of anilines is 2. The molecule has 0 saturated heterocycles. The minimum absolute atomic E-state index is 0. The van der Waals surface area contributed by atoms with Crippen LogP contribution in [-0.2, 0) is 13.1 Å². The molecule has 3 heterocycles. The van der Waals surface area contributed by atoms with Gasteiger partial charge in [-0.3, -0.25) is 4.68 Å². The zero-order chi connectivity index (χ0) is 20.5. The summed E-state index contributed by atoms with van der Waals surface area (Å²) in [6.45, 7) is 1.74. The molecule has 0 aliphatic rings. The molecular weight excluding hydrogens is 488 g/mol. The van der Waals surface area contributed by atoms with Gasteiger partial charge in [0.15, 0.2) is 5.82 Å². The van der Waals surface area contributed by atoms with Crippen molar-refractivity contribution < 1.29 is 4.39 Å². The van der Waals surface area contributed by atoms with E-state index in [4.69, 9.17) is 5.73 Å². The molecule has 0 atom stereocenters. The molecular formula is C22H23Cl3FN7. The number of hydrogen-bond donors (Lipinski definition) is 2. The summed E-state index contributed by atoms with van der Waals surface area (Å²) in [6, 6.07) is 14.5. The number of fused-ring (bicyclic) bond motifs is 2. The van der Waals surface area contributed by atoms with E-state index in [1.807, 2.05) is 52.0 Å². The van der Waals surface area contributed by atoms with Crippen molar-refractivity contribution in [3.8, 4) is 0 Å². The Balaban J connectivity index is 0.00000128. The van der Waals surface area contributed by atoms with Gasteiger partial charge in [0.25, 0.3) is 0 Å². The Hall–Kier alpha value is -2.91. The first-order chi connectivity index (χ1) is 14.7. The number of benzene rings is 2. The summed E-state index contributed by atoms with van der Waals surface area (Å²) in [5, 5.41) is 8.85. The van der Waals surface area contributed by atoms with Crippen LogP contribution in [0.25, 0.3) is 21.9 Å². The van der Waals surface area contributed by atoms with Crippen LogP contribution >= 0.6 is 37.2 Å². The molecule has 0 radical (unpaired) electrons. The van der Waals surface area contributed by atoms with Gasteiger partial charge in [-0.05, 0) is 42.0 Å². The normalized spacial score (nSPS) is 10.4. The first kappa shape index (κ1) is 26.3. The third-order valence-corrected chi connectivity index (χ3v) is 5.05. The first-order valence-electron chi connectivity index (χ1n) is 9.68. The second-order valence-electron chi connectivity index (χ2n) is 7.08. The van der Waals surface area contributed by atoms with E-state index in [0.717, 1.165) is 39.0 Å². The van der Waals surface area contributed by atoms with Gasteiger partial charge >= 0.3 is 0 Å². The van der Waals surface area contributed by atoms with Crippen molar-refractivity contribution in [1.82, 2.24) is 24.3 Å². The predicted molar refractivity (Wildman–Crippen MR) is 137 cm³/mol. The molecule has 0 unspecified atom stereocenters. The number of hydrogen-bond acceptors (Lipinski definition) is 5. The third kappa shape index (κ3) is 5.36. The van der Waals surface area contributed by atoms with Crippen molar-refractivity contribution in [3.05, 3.63) is 78.6 Å². The van der Waals surface area contributed by atoms with E-state index < -0.39 is 0 Å². The maximum atomic E-state index is 13.5. The summed E-state index contributed by atoms with van der Waals surface area (Å²) in [4.78, 5) is 8.76. The maximum absolute atomic E-state index is 13.5. The largest absolute Gasteiger partial charge is 0.342 e. The lowest BCUT2D eigenvalue weighted by atomic mass is 10.2. The van der Waals surface area contributed by atoms with Crippen LogP contribution in [0.15, 0.2) is 67.3 Å². The Bertz CT molecular complexity index is 1350. The standard InChI is InChI=1S/C22H20FN7.3ClH/c23-17-3-1-2-15(10-17)13-30-20-5-4-18(11-16(20)12-27-30)28-22-21-19(25-14-26-22)6-8-29(21)9-7-24;;;/h1-6,8,10-12,14H,7,9,13,24H2,(H,25,26,28);3*1H. The Labute approximate surface area is 208 Å². The van der Waals surface area contributed by atoms with Crippen molar-refractivity contribution in [3.63, 3.8) is 0 Å². The minimum atomic E-state index is -0.244. The molecule has 2 aromatic carbocycles. The van der Waals surface area contributed by atoms with Gasteiger partial charge in [0.05, 0.1) is 23.8 Å². The fourth-order valence-electron chi connectivity index (χ4n) is 3.69. The second-order valence-corrected chi connectivity index (χ2v) is 7.08. The molecule has 33 heavy (non-hydrogen) atoms. The van der Waals surface area contributed by atoms with E-state index >= 15 is 0 Å². The van der Waals surface area contributed by atoms with Crippen LogP contribution in [-0.4, -0.2) is 30.9 Å². The lowest BCUT2D eigenvalue weighted by Gasteiger charge is -2.10. The Kier molecular flexibility index (Phi) is 9.01. The average Bonchev–Trinajstić information content (AvgIpc) is 3.33. The zero-order valence-corrected chi connectivity index (χ0v) is 19.8. The molecule has 3 N–H and O–H groups in total. The number of aromatic nitrogens is 5. The fourth-order valence-corrected chi connectivity index (χ4v) is 3.69. The van der Waals surface area contributed by atoms with Gasteiger partial charge in [-0.1, -0.05) is 12.1 Å². The smallest absolute Gasteiger partial charge is 0.158 e. The van der Waals surface area contributed by atoms with Crippen molar-refractivity contribution in [2.24, 2.45) is 5.73 Å². The summed E-state index contributed by atoms with van der Waals surface area (Å²) >= 11 is 0. The van der Waals surface area contributed by atoms with E-state index in [9.17, 15) is 4.39 Å². The van der Waals surface area contributed by atoms with Crippen LogP contribution in [0.2, 0.25) is 0 Å². The Morgan fingerprint density at radius 1 is 1.00 bits per heavy atom. The molecule has 0 aliphatic carbocycles. The SMILES string of the molecule is Cl.Cl.Cl.NCCn1ccc2ncnc(Nc3ccc4c(cnn4Cc4cccc(F)c4)c3)c21. The van der Waals surface area contributed by atoms with Crippen LogP contribution < -0.4 is 11.1 Å². The van der Waals surface area contributed by atoms with Crippen molar-refractivity contribution in [2.75, 3.05) is 11.9 Å². The molecule has 11 heteroatoms. The van der Waals surface area contributed by atoms with Gasteiger partial charge in [0.1, 0.15) is 17.7 Å². The minimum Gasteiger partial charge on any atom is -0.342 e. The quantitative estimate of drug-likeness (QED) is 0.338. The summed E-state index contributed by atoms with van der Waals surface area (Å²) in [5.41, 5.74) is 10.3. The van der Waals surface area contributed by atoms with Crippen molar-refractivity contribution in [2.45, 2.75) is 13.1 Å². The summed E-state index contributed by atoms with van der Waals surface area (Å²) in [7, 11) is 0. The molecule has 0 amide bonds. The van der Waals surface area contributed by atoms with Gasteiger partial charge in [-0.2, -0.15) is 5.10 Å². The lowest BCUT2D eigenvalue weighted by molar-refractivity contribution is 0.621. The molecule has 0 saturated carbocycles. The summed E-state index contributed by atoms with van der Waals surface area (Å²) < 4.78 is 17.4. The monoisotopic (exact) mass is 509 g/mol. The predicted octanol–water partition coefficient (Wildman–Crippen LogP) is 4.94. The van der Waals surface area contributed by atoms with E-state index in [1.165, 1.54) is 12.1 Å². The van der Waals surface area contributed by atoms with E-state index in [0.29, 0.717) is 19.6 Å². The van der Waals surface area contributed by atoms with E-state index in [2.05, 4.69) is 20.4 Å². The molecule has 7 nitrogen and oxygen atoms in total. The first-order valence-corrected chi connectivity index (χ1v) is 9.68. The molecule has 0 bridgehead atoms. The molecule has 174 valence electrons. The molecule has 5 aromatic rings. The summed E-state index contributed by atoms with van der Waals surface area (Å²) in [6.07, 6.45) is 5.33. The van der Waals surface area contributed by atoms with E-state index in [-0.39, 0.29) is 43.0 Å². The summed E-state index contributed by atoms with van der Waals surface area (Å²) in [5.74, 6) is 0.482. The van der Waals surface area contributed by atoms with E-state index in [1.54, 1.807) is 12.4 Å². The van der Waals surface area contributed by atoms with Crippen LogP contribution in [0.5, 0.6) is 0 Å². The average molecular weight is 511 g/mol. The number of rotatable bonds is 6. The highest BCUT2D eigenvalue weighted by molar-refractivity contribution is 5.90. The van der Waals surface area contributed by atoms with Crippen molar-refractivity contribution >= 4 is 70.7 Å². The second kappa shape index (κ2) is 11.3. The van der Waals surface area contributed by atoms with Crippen LogP contribution in [0.3, 0.4) is 0 Å². The highest BCUT2D eigenvalue weighted by atomic mass is 35.5. The van der Waals surface area contributed by atoms with Gasteiger partial charge in [0.2, 0.25) is 0 Å². The highest BCUT2D eigenvalue weighted by Gasteiger charge is 2.11. The fraction of sp³-hybridized carbons (Fsp3) is 0.136. The maximum Gasteiger partial charge on any atom is 0.158 e. The van der Waals surface area contributed by atoms with Crippen LogP contribution in [0.1, 0.15) is 5.56 Å².